The quantitative estimate of drug-likeness (QED) is 0.829. The number of carbonyl (C=O) groups excluding carboxylic acids is 2. The summed E-state index contributed by atoms with van der Waals surface area (Å²) in [5, 5.41) is 2.94. The second-order valence-corrected chi connectivity index (χ2v) is 5.94. The van der Waals surface area contributed by atoms with Gasteiger partial charge in [-0.25, -0.2) is 4.98 Å². The summed E-state index contributed by atoms with van der Waals surface area (Å²) in [7, 11) is 0. The standard InChI is InChI=1S/C17H20N4O2/c1-11-5-4-8-21-12(10-19-17(11)21)9-15(22)20-14-7-3-2-6-13(14)16(18)23/h2-5,8,10,13-14H,6-7,9H2,1H3,(H2,18,23)(H,20,22)/t13-,14-/m1/s1. The summed E-state index contributed by atoms with van der Waals surface area (Å²) >= 11 is 0. The van der Waals surface area contributed by atoms with Crippen LogP contribution in [0, 0.1) is 12.8 Å². The van der Waals surface area contributed by atoms with Crippen LogP contribution in [0.5, 0.6) is 0 Å². The van der Waals surface area contributed by atoms with Gasteiger partial charge in [-0.1, -0.05) is 18.2 Å². The highest BCUT2D eigenvalue weighted by Gasteiger charge is 2.28. The van der Waals surface area contributed by atoms with Gasteiger partial charge in [-0.05, 0) is 31.4 Å². The van der Waals surface area contributed by atoms with Gasteiger partial charge in [-0.2, -0.15) is 0 Å². The molecular formula is C17H20N4O2. The topological polar surface area (TPSA) is 89.5 Å². The Labute approximate surface area is 134 Å². The molecule has 2 aromatic heterocycles. The lowest BCUT2D eigenvalue weighted by Gasteiger charge is -2.26. The van der Waals surface area contributed by atoms with Crippen LogP contribution in [-0.2, 0) is 16.0 Å². The number of fused-ring (bicyclic) bond motifs is 1. The molecule has 6 nitrogen and oxygen atoms in total. The maximum Gasteiger partial charge on any atom is 0.226 e. The van der Waals surface area contributed by atoms with Crippen molar-refractivity contribution >= 4 is 17.5 Å². The van der Waals surface area contributed by atoms with Crippen LogP contribution in [0.2, 0.25) is 0 Å². The SMILES string of the molecule is Cc1cccn2c(CC(=O)N[C@@H]3CC=CC[C@H]3C(N)=O)cnc12. The molecule has 0 saturated heterocycles. The molecule has 1 aliphatic rings. The van der Waals surface area contributed by atoms with Gasteiger partial charge in [0.05, 0.1) is 18.0 Å². The number of amides is 2. The van der Waals surface area contributed by atoms with Crippen LogP contribution >= 0.6 is 0 Å². The number of hydrogen-bond donors (Lipinski definition) is 2. The fraction of sp³-hybridized carbons (Fsp3) is 0.353. The number of imidazole rings is 1. The highest BCUT2D eigenvalue weighted by molar-refractivity contribution is 5.82. The third kappa shape index (κ3) is 3.11. The molecule has 0 bridgehead atoms. The van der Waals surface area contributed by atoms with Crippen molar-refractivity contribution in [3.8, 4) is 0 Å². The van der Waals surface area contributed by atoms with Crippen LogP contribution < -0.4 is 11.1 Å². The monoisotopic (exact) mass is 312 g/mol. The van der Waals surface area contributed by atoms with E-state index in [0.717, 1.165) is 16.9 Å². The number of allylic oxidation sites excluding steroid dienone is 1. The van der Waals surface area contributed by atoms with Gasteiger partial charge in [0.1, 0.15) is 5.65 Å². The van der Waals surface area contributed by atoms with E-state index in [9.17, 15) is 9.59 Å². The minimum Gasteiger partial charge on any atom is -0.369 e. The Bertz CT molecular complexity index is 778. The van der Waals surface area contributed by atoms with E-state index in [2.05, 4.69) is 10.3 Å². The first-order chi connectivity index (χ1) is 11.1. The second kappa shape index (κ2) is 6.24. The first-order valence-corrected chi connectivity index (χ1v) is 7.71. The smallest absolute Gasteiger partial charge is 0.226 e. The Morgan fingerprint density at radius 1 is 1.39 bits per heavy atom. The fourth-order valence-electron chi connectivity index (χ4n) is 3.04. The maximum atomic E-state index is 12.3. The molecule has 0 aliphatic heterocycles. The predicted molar refractivity (Wildman–Crippen MR) is 86.6 cm³/mol. The summed E-state index contributed by atoms with van der Waals surface area (Å²) < 4.78 is 1.92. The van der Waals surface area contributed by atoms with Crippen LogP contribution in [0.15, 0.2) is 36.7 Å². The van der Waals surface area contributed by atoms with Crippen molar-refractivity contribution in [2.45, 2.75) is 32.2 Å². The molecule has 2 heterocycles. The van der Waals surface area contributed by atoms with Crippen molar-refractivity contribution < 1.29 is 9.59 Å². The number of aromatic nitrogens is 2. The third-order valence-electron chi connectivity index (χ3n) is 4.29. The van der Waals surface area contributed by atoms with Gasteiger partial charge in [-0.3, -0.25) is 9.59 Å². The molecule has 0 unspecified atom stereocenters. The molecule has 23 heavy (non-hydrogen) atoms. The molecule has 2 atom stereocenters. The number of nitrogens with one attached hydrogen (secondary N) is 1. The zero-order valence-corrected chi connectivity index (χ0v) is 13.0. The Hall–Kier alpha value is -2.63. The molecule has 0 radical (unpaired) electrons. The van der Waals surface area contributed by atoms with Crippen molar-refractivity contribution in [3.05, 3.63) is 47.9 Å². The summed E-state index contributed by atoms with van der Waals surface area (Å²) in [6.07, 6.45) is 8.95. The van der Waals surface area contributed by atoms with E-state index in [4.69, 9.17) is 5.73 Å². The van der Waals surface area contributed by atoms with E-state index >= 15 is 0 Å². The minimum atomic E-state index is -0.370. The van der Waals surface area contributed by atoms with Crippen LogP contribution in [0.25, 0.3) is 5.65 Å². The molecule has 2 amide bonds. The summed E-state index contributed by atoms with van der Waals surface area (Å²) in [5.74, 6) is -0.835. The normalized spacial score (nSPS) is 20.6. The van der Waals surface area contributed by atoms with Gasteiger partial charge in [0.2, 0.25) is 11.8 Å². The lowest BCUT2D eigenvalue weighted by atomic mass is 9.88. The van der Waals surface area contributed by atoms with Crippen molar-refractivity contribution in [2.24, 2.45) is 11.7 Å². The molecule has 6 heteroatoms. The van der Waals surface area contributed by atoms with Crippen LogP contribution in [-0.4, -0.2) is 27.2 Å². The van der Waals surface area contributed by atoms with E-state index in [1.807, 2.05) is 41.8 Å². The number of hydrogen-bond acceptors (Lipinski definition) is 3. The first kappa shape index (κ1) is 15.3. The third-order valence-corrected chi connectivity index (χ3v) is 4.29. The number of rotatable bonds is 4. The van der Waals surface area contributed by atoms with E-state index in [-0.39, 0.29) is 30.2 Å². The largest absolute Gasteiger partial charge is 0.369 e. The van der Waals surface area contributed by atoms with Gasteiger partial charge < -0.3 is 15.5 Å². The summed E-state index contributed by atoms with van der Waals surface area (Å²) in [4.78, 5) is 28.2. The zero-order valence-electron chi connectivity index (χ0n) is 13.0. The van der Waals surface area contributed by atoms with Crippen LogP contribution in [0.4, 0.5) is 0 Å². The van der Waals surface area contributed by atoms with E-state index in [1.165, 1.54) is 0 Å². The molecular weight excluding hydrogens is 292 g/mol. The molecule has 3 rings (SSSR count). The molecule has 2 aromatic rings. The first-order valence-electron chi connectivity index (χ1n) is 7.71. The zero-order chi connectivity index (χ0) is 16.4. The van der Waals surface area contributed by atoms with Crippen LogP contribution in [0.1, 0.15) is 24.1 Å². The van der Waals surface area contributed by atoms with Gasteiger partial charge in [0.25, 0.3) is 0 Å². The van der Waals surface area contributed by atoms with E-state index in [1.54, 1.807) is 6.20 Å². The number of primary amides is 1. The fourth-order valence-corrected chi connectivity index (χ4v) is 3.04. The Morgan fingerprint density at radius 3 is 2.96 bits per heavy atom. The summed E-state index contributed by atoms with van der Waals surface area (Å²) in [6, 6.07) is 3.68. The van der Waals surface area contributed by atoms with Gasteiger partial charge in [0.15, 0.2) is 0 Å². The minimum absolute atomic E-state index is 0.125. The van der Waals surface area contributed by atoms with Crippen molar-refractivity contribution in [3.63, 3.8) is 0 Å². The summed E-state index contributed by atoms with van der Waals surface area (Å²) in [5.41, 5.74) is 8.16. The predicted octanol–water partition coefficient (Wildman–Crippen LogP) is 1.12. The number of nitrogens with two attached hydrogens (primary N) is 1. The average Bonchev–Trinajstić information content (AvgIpc) is 2.92. The molecule has 0 spiro atoms. The lowest BCUT2D eigenvalue weighted by molar-refractivity contribution is -0.124. The molecule has 120 valence electrons. The molecule has 0 fully saturated rings. The Morgan fingerprint density at radius 2 is 2.17 bits per heavy atom. The average molecular weight is 312 g/mol. The second-order valence-electron chi connectivity index (χ2n) is 5.94. The van der Waals surface area contributed by atoms with E-state index in [0.29, 0.717) is 12.8 Å². The molecule has 0 saturated carbocycles. The summed E-state index contributed by atoms with van der Waals surface area (Å²) in [6.45, 7) is 1.98. The number of nitrogens with zero attached hydrogens (tertiary/aromatic N) is 2. The van der Waals surface area contributed by atoms with Crippen molar-refractivity contribution in [1.29, 1.82) is 0 Å². The number of aryl methyl sites for hydroxylation is 1. The van der Waals surface area contributed by atoms with Crippen molar-refractivity contribution in [1.82, 2.24) is 14.7 Å². The molecule has 0 aromatic carbocycles. The molecule has 1 aliphatic carbocycles. The van der Waals surface area contributed by atoms with Crippen LogP contribution in [0.3, 0.4) is 0 Å². The highest BCUT2D eigenvalue weighted by Crippen LogP contribution is 2.19. The van der Waals surface area contributed by atoms with Gasteiger partial charge in [-0.15, -0.1) is 0 Å². The van der Waals surface area contributed by atoms with E-state index < -0.39 is 0 Å². The number of carbonyl (C=O) groups is 2. The van der Waals surface area contributed by atoms with Gasteiger partial charge in [0, 0.05) is 18.4 Å². The lowest BCUT2D eigenvalue weighted by Crippen LogP contribution is -2.46. The van der Waals surface area contributed by atoms with Gasteiger partial charge >= 0.3 is 0 Å². The highest BCUT2D eigenvalue weighted by atomic mass is 16.2. The molecule has 3 N–H and O–H groups in total. The number of pyridine rings is 1. The Balaban J connectivity index is 1.72. The van der Waals surface area contributed by atoms with Crippen molar-refractivity contribution in [2.75, 3.05) is 0 Å². The maximum absolute atomic E-state index is 12.3. The Kier molecular flexibility index (Phi) is 4.14.